The van der Waals surface area contributed by atoms with Crippen molar-refractivity contribution >= 4 is 0 Å². The molecule has 1 rings (SSSR count). The van der Waals surface area contributed by atoms with E-state index in [0.717, 1.165) is 12.1 Å². The van der Waals surface area contributed by atoms with E-state index in [1.165, 1.54) is 12.1 Å². The molecule has 0 aliphatic carbocycles. The zero-order chi connectivity index (χ0) is 12.1. The molecule has 3 heteroatoms. The quantitative estimate of drug-likeness (QED) is 0.826. The summed E-state index contributed by atoms with van der Waals surface area (Å²) in [5, 5.41) is 3.48. The molecule has 0 aliphatic rings. The summed E-state index contributed by atoms with van der Waals surface area (Å²) in [5.74, 6) is -0.183. The van der Waals surface area contributed by atoms with Gasteiger partial charge in [-0.05, 0) is 45.6 Å². The van der Waals surface area contributed by atoms with Crippen molar-refractivity contribution in [3.63, 3.8) is 0 Å². The number of likely N-dealkylation sites (N-methyl/N-ethyl adjacent to an activating group) is 1. The largest absolute Gasteiger partial charge is 0.308 e. The lowest BCUT2D eigenvalue weighted by Crippen LogP contribution is -2.37. The third-order valence-electron chi connectivity index (χ3n) is 2.54. The molecule has 0 fully saturated rings. The fourth-order valence-electron chi connectivity index (χ4n) is 1.87. The van der Waals surface area contributed by atoms with Gasteiger partial charge in [-0.3, -0.25) is 0 Å². The summed E-state index contributed by atoms with van der Waals surface area (Å²) in [6.07, 6.45) is 0. The van der Waals surface area contributed by atoms with E-state index >= 15 is 0 Å². The Hall–Kier alpha value is -0.930. The van der Waals surface area contributed by atoms with Gasteiger partial charge in [0.25, 0.3) is 0 Å². The van der Waals surface area contributed by atoms with Crippen LogP contribution in [-0.2, 0) is 0 Å². The van der Waals surface area contributed by atoms with Gasteiger partial charge in [-0.1, -0.05) is 12.1 Å². The first kappa shape index (κ1) is 13.1. The summed E-state index contributed by atoms with van der Waals surface area (Å²) in [5.41, 5.74) is 1.12. The smallest absolute Gasteiger partial charge is 0.123 e. The summed E-state index contributed by atoms with van der Waals surface area (Å²) in [7, 11) is 4.11. The minimum atomic E-state index is -0.183. The van der Waals surface area contributed by atoms with Crippen molar-refractivity contribution in [1.82, 2.24) is 10.2 Å². The number of rotatable bonds is 5. The van der Waals surface area contributed by atoms with Crippen molar-refractivity contribution in [3.05, 3.63) is 35.6 Å². The maximum atomic E-state index is 12.8. The molecular formula is C13H21FN2. The molecule has 1 aromatic carbocycles. The van der Waals surface area contributed by atoms with Crippen LogP contribution in [0.15, 0.2) is 24.3 Å². The van der Waals surface area contributed by atoms with E-state index in [-0.39, 0.29) is 11.9 Å². The Balaban J connectivity index is 2.51. The predicted octanol–water partition coefficient (Wildman–Crippen LogP) is 2.43. The number of hydrogen-bond acceptors (Lipinski definition) is 2. The van der Waals surface area contributed by atoms with Crippen LogP contribution in [0.2, 0.25) is 0 Å². The van der Waals surface area contributed by atoms with Crippen molar-refractivity contribution in [2.24, 2.45) is 0 Å². The summed E-state index contributed by atoms with van der Waals surface area (Å²) in [4.78, 5) is 2.15. The standard InChI is InChI=1S/C13H21FN2/c1-10(9-16(3)4)15-11(2)12-5-7-13(14)8-6-12/h5-8,10-11,15H,9H2,1-4H3. The SMILES string of the molecule is CC(CN(C)C)NC(C)c1ccc(F)cc1. The van der Waals surface area contributed by atoms with E-state index in [1.807, 2.05) is 12.1 Å². The van der Waals surface area contributed by atoms with E-state index in [1.54, 1.807) is 0 Å². The normalized spacial score (nSPS) is 15.1. The number of halogens is 1. The van der Waals surface area contributed by atoms with Crippen LogP contribution < -0.4 is 5.32 Å². The first-order chi connectivity index (χ1) is 7.49. The summed E-state index contributed by atoms with van der Waals surface area (Å²) in [6, 6.07) is 7.32. The molecule has 2 atom stereocenters. The molecule has 1 N–H and O–H groups in total. The van der Waals surface area contributed by atoms with Gasteiger partial charge < -0.3 is 10.2 Å². The van der Waals surface area contributed by atoms with Crippen LogP contribution in [0, 0.1) is 5.82 Å². The lowest BCUT2D eigenvalue weighted by molar-refractivity contribution is 0.334. The van der Waals surface area contributed by atoms with Crippen molar-refractivity contribution in [3.8, 4) is 0 Å². The first-order valence-electron chi connectivity index (χ1n) is 5.65. The van der Waals surface area contributed by atoms with Gasteiger partial charge in [0.2, 0.25) is 0 Å². The van der Waals surface area contributed by atoms with E-state index in [2.05, 4.69) is 38.2 Å². The first-order valence-corrected chi connectivity index (χ1v) is 5.65. The highest BCUT2D eigenvalue weighted by Gasteiger charge is 2.09. The van der Waals surface area contributed by atoms with Gasteiger partial charge in [0.05, 0.1) is 0 Å². The van der Waals surface area contributed by atoms with Crippen molar-refractivity contribution in [2.75, 3.05) is 20.6 Å². The Morgan fingerprint density at radius 3 is 2.25 bits per heavy atom. The fourth-order valence-corrected chi connectivity index (χ4v) is 1.87. The van der Waals surface area contributed by atoms with Crippen LogP contribution in [0.1, 0.15) is 25.5 Å². The number of nitrogens with zero attached hydrogens (tertiary/aromatic N) is 1. The Morgan fingerprint density at radius 1 is 1.19 bits per heavy atom. The minimum Gasteiger partial charge on any atom is -0.308 e. The molecule has 0 saturated heterocycles. The lowest BCUT2D eigenvalue weighted by Gasteiger charge is -2.23. The van der Waals surface area contributed by atoms with Crippen LogP contribution in [0.3, 0.4) is 0 Å². The molecular weight excluding hydrogens is 203 g/mol. The van der Waals surface area contributed by atoms with Crippen molar-refractivity contribution in [2.45, 2.75) is 25.9 Å². The number of benzene rings is 1. The van der Waals surface area contributed by atoms with E-state index in [9.17, 15) is 4.39 Å². The maximum Gasteiger partial charge on any atom is 0.123 e. The van der Waals surface area contributed by atoms with Gasteiger partial charge >= 0.3 is 0 Å². The second kappa shape index (κ2) is 5.97. The van der Waals surface area contributed by atoms with Crippen LogP contribution in [0.4, 0.5) is 4.39 Å². The monoisotopic (exact) mass is 224 g/mol. The molecule has 0 aliphatic heterocycles. The number of nitrogens with one attached hydrogen (secondary N) is 1. The molecule has 0 spiro atoms. The van der Waals surface area contributed by atoms with Crippen LogP contribution in [-0.4, -0.2) is 31.6 Å². The lowest BCUT2D eigenvalue weighted by atomic mass is 10.1. The molecule has 16 heavy (non-hydrogen) atoms. The Kier molecular flexibility index (Phi) is 4.90. The number of hydrogen-bond donors (Lipinski definition) is 1. The highest BCUT2D eigenvalue weighted by Crippen LogP contribution is 2.13. The van der Waals surface area contributed by atoms with E-state index in [4.69, 9.17) is 0 Å². The van der Waals surface area contributed by atoms with Gasteiger partial charge in [0.15, 0.2) is 0 Å². The third-order valence-corrected chi connectivity index (χ3v) is 2.54. The highest BCUT2D eigenvalue weighted by molar-refractivity contribution is 5.19. The van der Waals surface area contributed by atoms with E-state index < -0.39 is 0 Å². The van der Waals surface area contributed by atoms with Crippen LogP contribution in [0.5, 0.6) is 0 Å². The van der Waals surface area contributed by atoms with Gasteiger partial charge in [0, 0.05) is 18.6 Å². The summed E-state index contributed by atoms with van der Waals surface area (Å²) < 4.78 is 12.8. The molecule has 0 amide bonds. The van der Waals surface area contributed by atoms with Gasteiger partial charge in [-0.25, -0.2) is 4.39 Å². The average Bonchev–Trinajstić information content (AvgIpc) is 2.16. The molecule has 0 bridgehead atoms. The zero-order valence-electron chi connectivity index (χ0n) is 10.5. The Morgan fingerprint density at radius 2 is 1.75 bits per heavy atom. The van der Waals surface area contributed by atoms with Gasteiger partial charge in [-0.2, -0.15) is 0 Å². The van der Waals surface area contributed by atoms with E-state index in [0.29, 0.717) is 6.04 Å². The van der Waals surface area contributed by atoms with Gasteiger partial charge in [0.1, 0.15) is 5.82 Å². The second-order valence-electron chi connectivity index (χ2n) is 4.60. The van der Waals surface area contributed by atoms with Gasteiger partial charge in [-0.15, -0.1) is 0 Å². The molecule has 0 aromatic heterocycles. The van der Waals surface area contributed by atoms with Crippen LogP contribution >= 0.6 is 0 Å². The third kappa shape index (κ3) is 4.29. The molecule has 2 nitrogen and oxygen atoms in total. The average molecular weight is 224 g/mol. The molecule has 90 valence electrons. The Bertz CT molecular complexity index is 308. The fraction of sp³-hybridized carbons (Fsp3) is 0.538. The highest BCUT2D eigenvalue weighted by atomic mass is 19.1. The van der Waals surface area contributed by atoms with Crippen molar-refractivity contribution < 1.29 is 4.39 Å². The Labute approximate surface area is 97.5 Å². The topological polar surface area (TPSA) is 15.3 Å². The minimum absolute atomic E-state index is 0.183. The zero-order valence-corrected chi connectivity index (χ0v) is 10.5. The van der Waals surface area contributed by atoms with Crippen LogP contribution in [0.25, 0.3) is 0 Å². The molecule has 2 unspecified atom stereocenters. The predicted molar refractivity (Wildman–Crippen MR) is 66.0 cm³/mol. The molecule has 0 saturated carbocycles. The molecule has 1 aromatic rings. The molecule has 0 heterocycles. The second-order valence-corrected chi connectivity index (χ2v) is 4.60. The molecule has 0 radical (unpaired) electrons. The van der Waals surface area contributed by atoms with Crippen molar-refractivity contribution in [1.29, 1.82) is 0 Å². The summed E-state index contributed by atoms with van der Waals surface area (Å²) in [6.45, 7) is 5.24. The summed E-state index contributed by atoms with van der Waals surface area (Å²) >= 11 is 0. The maximum absolute atomic E-state index is 12.8.